The van der Waals surface area contributed by atoms with E-state index in [4.69, 9.17) is 9.57 Å². The minimum absolute atomic E-state index is 0.0480. The zero-order chi connectivity index (χ0) is 8.55. The molecule has 0 aromatic carbocycles. The van der Waals surface area contributed by atoms with E-state index in [-0.39, 0.29) is 5.78 Å². The van der Waals surface area contributed by atoms with Crippen LogP contribution in [0, 0.1) is 0 Å². The standard InChI is InChI=1S/C8H9NO3/c1-11-9-5-12-7-4-2-3-6(10)8(7)9/h2,4H,3,5H2,1H3. The van der Waals surface area contributed by atoms with Gasteiger partial charge in [0.1, 0.15) is 0 Å². The normalized spacial score (nSPS) is 21.4. The topological polar surface area (TPSA) is 38.8 Å². The Labute approximate surface area is 70.0 Å². The summed E-state index contributed by atoms with van der Waals surface area (Å²) in [6.07, 6.45) is 4.03. The first-order valence-electron chi connectivity index (χ1n) is 3.71. The molecule has 0 radical (unpaired) electrons. The van der Waals surface area contributed by atoms with Crippen molar-refractivity contribution in [3.05, 3.63) is 23.6 Å². The zero-order valence-corrected chi connectivity index (χ0v) is 6.74. The van der Waals surface area contributed by atoms with Gasteiger partial charge in [0.05, 0.1) is 7.11 Å². The van der Waals surface area contributed by atoms with E-state index in [2.05, 4.69) is 0 Å². The van der Waals surface area contributed by atoms with Crippen LogP contribution in [-0.4, -0.2) is 24.7 Å². The predicted molar refractivity (Wildman–Crippen MR) is 40.6 cm³/mol. The lowest BCUT2D eigenvalue weighted by atomic mass is 10.1. The van der Waals surface area contributed by atoms with E-state index in [1.165, 1.54) is 12.2 Å². The number of nitrogens with zero attached hydrogens (tertiary/aromatic N) is 1. The molecule has 0 unspecified atom stereocenters. The molecule has 0 aromatic rings. The van der Waals surface area contributed by atoms with Crippen LogP contribution in [0.5, 0.6) is 0 Å². The van der Waals surface area contributed by atoms with Crippen LogP contribution in [0.25, 0.3) is 0 Å². The Hall–Kier alpha value is -1.29. The van der Waals surface area contributed by atoms with Crippen LogP contribution in [0.4, 0.5) is 0 Å². The fourth-order valence-electron chi connectivity index (χ4n) is 1.30. The lowest BCUT2D eigenvalue weighted by Crippen LogP contribution is -2.23. The Morgan fingerprint density at radius 3 is 3.25 bits per heavy atom. The molecular weight excluding hydrogens is 158 g/mol. The molecule has 2 rings (SSSR count). The van der Waals surface area contributed by atoms with Crippen molar-refractivity contribution in [2.45, 2.75) is 6.42 Å². The van der Waals surface area contributed by atoms with Crippen LogP contribution in [0.3, 0.4) is 0 Å². The molecule has 0 spiro atoms. The summed E-state index contributed by atoms with van der Waals surface area (Å²) in [7, 11) is 1.52. The van der Waals surface area contributed by atoms with Gasteiger partial charge in [-0.2, -0.15) is 0 Å². The molecule has 12 heavy (non-hydrogen) atoms. The Morgan fingerprint density at radius 1 is 1.67 bits per heavy atom. The third-order valence-electron chi connectivity index (χ3n) is 1.88. The van der Waals surface area contributed by atoms with Crippen LogP contribution in [-0.2, 0) is 14.4 Å². The van der Waals surface area contributed by atoms with E-state index < -0.39 is 0 Å². The van der Waals surface area contributed by atoms with Crippen LogP contribution in [0.1, 0.15) is 6.42 Å². The molecule has 2 aliphatic rings. The molecule has 0 aromatic heterocycles. The van der Waals surface area contributed by atoms with Gasteiger partial charge in [0, 0.05) is 6.42 Å². The first kappa shape index (κ1) is 7.36. The lowest BCUT2D eigenvalue weighted by Gasteiger charge is -2.15. The van der Waals surface area contributed by atoms with Crippen LogP contribution >= 0.6 is 0 Å². The Morgan fingerprint density at radius 2 is 2.50 bits per heavy atom. The number of Topliss-reactive ketones (excluding diaryl/α,β-unsaturated/α-hetero) is 1. The van der Waals surface area contributed by atoms with E-state index in [9.17, 15) is 4.79 Å². The van der Waals surface area contributed by atoms with Crippen LogP contribution < -0.4 is 0 Å². The third-order valence-corrected chi connectivity index (χ3v) is 1.88. The van der Waals surface area contributed by atoms with Gasteiger partial charge in [0.15, 0.2) is 24.0 Å². The van der Waals surface area contributed by atoms with Gasteiger partial charge in [-0.3, -0.25) is 9.63 Å². The minimum atomic E-state index is 0.0480. The number of carbonyl (C=O) groups excluding carboxylic acids is 1. The molecule has 0 bridgehead atoms. The number of carbonyl (C=O) groups is 1. The third kappa shape index (κ3) is 0.921. The van der Waals surface area contributed by atoms with Crippen molar-refractivity contribution in [3.63, 3.8) is 0 Å². The van der Waals surface area contributed by atoms with Gasteiger partial charge in [-0.1, -0.05) is 6.08 Å². The summed E-state index contributed by atoms with van der Waals surface area (Å²) in [5.74, 6) is 0.667. The number of ether oxygens (including phenoxy) is 1. The SMILES string of the molecule is CON1COC2=C1C(=O)CC=C2. The molecule has 1 aliphatic carbocycles. The second-order valence-electron chi connectivity index (χ2n) is 2.58. The number of hydrogen-bond acceptors (Lipinski definition) is 4. The van der Waals surface area contributed by atoms with Crippen LogP contribution in [0.2, 0.25) is 0 Å². The minimum Gasteiger partial charge on any atom is -0.468 e. The largest absolute Gasteiger partial charge is 0.468 e. The summed E-state index contributed by atoms with van der Waals surface area (Å²) >= 11 is 0. The highest BCUT2D eigenvalue weighted by molar-refractivity contribution is 5.97. The van der Waals surface area contributed by atoms with E-state index in [0.29, 0.717) is 24.6 Å². The highest BCUT2D eigenvalue weighted by Crippen LogP contribution is 2.26. The van der Waals surface area contributed by atoms with Gasteiger partial charge >= 0.3 is 0 Å². The highest BCUT2D eigenvalue weighted by atomic mass is 16.7. The van der Waals surface area contributed by atoms with Gasteiger partial charge in [0.2, 0.25) is 0 Å². The van der Waals surface area contributed by atoms with Crippen molar-refractivity contribution < 1.29 is 14.4 Å². The average molecular weight is 167 g/mol. The van der Waals surface area contributed by atoms with E-state index in [1.807, 2.05) is 0 Å². The molecule has 0 saturated carbocycles. The smallest absolute Gasteiger partial charge is 0.188 e. The molecule has 0 fully saturated rings. The molecular formula is C8H9NO3. The molecule has 1 heterocycles. The summed E-state index contributed by atoms with van der Waals surface area (Å²) < 4.78 is 5.20. The molecule has 0 N–H and O–H groups in total. The van der Waals surface area contributed by atoms with E-state index in [0.717, 1.165) is 0 Å². The Balaban J connectivity index is 2.34. The van der Waals surface area contributed by atoms with Crippen molar-refractivity contribution >= 4 is 5.78 Å². The molecule has 64 valence electrons. The summed E-state index contributed by atoms with van der Waals surface area (Å²) in [6, 6.07) is 0. The fraction of sp³-hybridized carbons (Fsp3) is 0.375. The highest BCUT2D eigenvalue weighted by Gasteiger charge is 2.29. The summed E-state index contributed by atoms with van der Waals surface area (Å²) in [5.41, 5.74) is 0.542. The molecule has 1 aliphatic heterocycles. The summed E-state index contributed by atoms with van der Waals surface area (Å²) in [4.78, 5) is 16.3. The van der Waals surface area contributed by atoms with Crippen molar-refractivity contribution in [3.8, 4) is 0 Å². The summed E-state index contributed by atoms with van der Waals surface area (Å²) in [5, 5.41) is 1.46. The molecule has 4 nitrogen and oxygen atoms in total. The van der Waals surface area contributed by atoms with Gasteiger partial charge in [-0.15, -0.1) is 0 Å². The van der Waals surface area contributed by atoms with Gasteiger partial charge in [0.25, 0.3) is 0 Å². The van der Waals surface area contributed by atoms with E-state index >= 15 is 0 Å². The quantitative estimate of drug-likeness (QED) is 0.572. The Kier molecular flexibility index (Phi) is 1.62. The molecule has 0 saturated heterocycles. The number of rotatable bonds is 1. The predicted octanol–water partition coefficient (Wildman–Crippen LogP) is 0.578. The lowest BCUT2D eigenvalue weighted by molar-refractivity contribution is -0.141. The molecule has 0 atom stereocenters. The monoisotopic (exact) mass is 167 g/mol. The number of hydrogen-bond donors (Lipinski definition) is 0. The van der Waals surface area contributed by atoms with E-state index in [1.54, 1.807) is 12.2 Å². The second kappa shape index (κ2) is 2.64. The van der Waals surface area contributed by atoms with Gasteiger partial charge < -0.3 is 4.74 Å². The Bertz CT molecular complexity index is 280. The molecule has 0 amide bonds. The van der Waals surface area contributed by atoms with Crippen molar-refractivity contribution in [1.29, 1.82) is 0 Å². The zero-order valence-electron chi connectivity index (χ0n) is 6.74. The first-order valence-corrected chi connectivity index (χ1v) is 3.71. The number of ketones is 1. The van der Waals surface area contributed by atoms with Gasteiger partial charge in [-0.05, 0) is 6.08 Å². The fourth-order valence-corrected chi connectivity index (χ4v) is 1.30. The average Bonchev–Trinajstić information content (AvgIpc) is 2.49. The molecule has 4 heteroatoms. The number of hydroxylamine groups is 2. The van der Waals surface area contributed by atoms with Crippen LogP contribution in [0.15, 0.2) is 23.6 Å². The maximum Gasteiger partial charge on any atom is 0.188 e. The maximum atomic E-state index is 11.3. The van der Waals surface area contributed by atoms with Gasteiger partial charge in [-0.25, -0.2) is 5.06 Å². The van der Waals surface area contributed by atoms with Crippen molar-refractivity contribution in [2.24, 2.45) is 0 Å². The first-order chi connectivity index (χ1) is 5.83. The van der Waals surface area contributed by atoms with Crippen molar-refractivity contribution in [1.82, 2.24) is 5.06 Å². The van der Waals surface area contributed by atoms with Crippen molar-refractivity contribution in [2.75, 3.05) is 13.8 Å². The second-order valence-corrected chi connectivity index (χ2v) is 2.58. The number of allylic oxidation sites excluding steroid dienone is 3. The maximum absolute atomic E-state index is 11.3. The summed E-state index contributed by atoms with van der Waals surface area (Å²) in [6.45, 7) is 0.303.